The lowest BCUT2D eigenvalue weighted by molar-refractivity contribution is -0.125. The van der Waals surface area contributed by atoms with Crippen molar-refractivity contribution in [2.75, 3.05) is 11.6 Å². The van der Waals surface area contributed by atoms with Crippen molar-refractivity contribution in [3.05, 3.63) is 24.3 Å². The summed E-state index contributed by atoms with van der Waals surface area (Å²) in [6.45, 7) is 6.06. The Balaban J connectivity index is 2.79. The van der Waals surface area contributed by atoms with E-state index in [-0.39, 0.29) is 11.3 Å². The molecule has 4 heteroatoms. The molecule has 0 aliphatic rings. The average Bonchev–Trinajstić information content (AvgIpc) is 2.38. The van der Waals surface area contributed by atoms with Gasteiger partial charge >= 0.3 is 0 Å². The second-order valence-corrected chi connectivity index (χ2v) is 6.25. The van der Waals surface area contributed by atoms with E-state index in [2.05, 4.69) is 5.32 Å². The van der Waals surface area contributed by atoms with Crippen molar-refractivity contribution >= 4 is 22.3 Å². The summed E-state index contributed by atoms with van der Waals surface area (Å²) in [5.41, 5.74) is 0.505. The fourth-order valence-corrected chi connectivity index (χ4v) is 2.14. The normalized spacial score (nSPS) is 13.1. The van der Waals surface area contributed by atoms with E-state index in [0.717, 1.165) is 23.4 Å². The van der Waals surface area contributed by atoms with Gasteiger partial charge in [0, 0.05) is 16.0 Å². The van der Waals surface area contributed by atoms with Crippen molar-refractivity contribution < 1.29 is 4.79 Å². The zero-order chi connectivity index (χ0) is 13.8. The summed E-state index contributed by atoms with van der Waals surface area (Å²) in [4.78, 5) is 13.2. The summed E-state index contributed by atoms with van der Waals surface area (Å²) in [6.07, 6.45) is 3.52. The van der Waals surface area contributed by atoms with Gasteiger partial charge in [0.15, 0.2) is 0 Å². The maximum absolute atomic E-state index is 12.2. The van der Waals surface area contributed by atoms with E-state index in [1.54, 1.807) is 0 Å². The molecule has 0 saturated heterocycles. The number of rotatable bonds is 5. The molecular weight excluding hydrogens is 244 g/mol. The molecule has 0 saturated carbocycles. The van der Waals surface area contributed by atoms with E-state index >= 15 is 0 Å². The van der Waals surface area contributed by atoms with Crippen molar-refractivity contribution in [2.45, 2.75) is 38.5 Å². The van der Waals surface area contributed by atoms with Gasteiger partial charge in [-0.3, -0.25) is 9.57 Å². The third kappa shape index (κ3) is 3.42. The molecule has 0 spiro atoms. The van der Waals surface area contributed by atoms with Gasteiger partial charge in [-0.1, -0.05) is 31.5 Å². The van der Waals surface area contributed by atoms with Gasteiger partial charge in [0.25, 0.3) is 0 Å². The zero-order valence-electron chi connectivity index (χ0n) is 11.5. The predicted octanol–water partition coefficient (Wildman–Crippen LogP) is 3.82. The first-order chi connectivity index (χ1) is 8.42. The second-order valence-electron chi connectivity index (χ2n) is 4.76. The first-order valence-electron chi connectivity index (χ1n) is 6.21. The fourth-order valence-electron chi connectivity index (χ4n) is 1.60. The van der Waals surface area contributed by atoms with Gasteiger partial charge in [0.05, 0.1) is 0 Å². The summed E-state index contributed by atoms with van der Waals surface area (Å²) in [5, 5.41) is 2.95. The van der Waals surface area contributed by atoms with Crippen LogP contribution in [0.4, 0.5) is 5.69 Å². The lowest BCUT2D eigenvalue weighted by atomic mass is 9.84. The third-order valence-electron chi connectivity index (χ3n) is 3.57. The van der Waals surface area contributed by atoms with Gasteiger partial charge in [-0.2, -0.15) is 0 Å². The third-order valence-corrected chi connectivity index (χ3v) is 4.55. The molecule has 100 valence electrons. The number of anilines is 1. The SMILES string of the molecule is CCC(C)(CC)C(=O)Nc1ccc(S(C)=N)cc1. The highest BCUT2D eigenvalue weighted by atomic mass is 32.2. The Kier molecular flexibility index (Phi) is 5.08. The van der Waals surface area contributed by atoms with Crippen LogP contribution in [-0.4, -0.2) is 12.2 Å². The van der Waals surface area contributed by atoms with Crippen LogP contribution in [0.5, 0.6) is 0 Å². The standard InChI is InChI=1S/C14H22N2OS/c1-5-14(3,6-2)13(17)16-11-7-9-12(10-8-11)18(4)15/h7-10,15H,5-6H2,1-4H3,(H,16,17). The van der Waals surface area contributed by atoms with Crippen LogP contribution < -0.4 is 5.32 Å². The number of benzene rings is 1. The molecule has 1 amide bonds. The molecule has 18 heavy (non-hydrogen) atoms. The molecule has 0 aliphatic carbocycles. The lowest BCUT2D eigenvalue weighted by Crippen LogP contribution is -2.32. The monoisotopic (exact) mass is 266 g/mol. The number of carbonyl (C=O) groups is 1. The van der Waals surface area contributed by atoms with Crippen molar-refractivity contribution in [1.82, 2.24) is 0 Å². The van der Waals surface area contributed by atoms with Crippen LogP contribution in [0.2, 0.25) is 0 Å². The highest BCUT2D eigenvalue weighted by Crippen LogP contribution is 2.27. The Hall–Kier alpha value is -1.16. The second kappa shape index (κ2) is 6.14. The topological polar surface area (TPSA) is 53.0 Å². The number of carbonyl (C=O) groups excluding carboxylic acids is 1. The molecule has 1 rings (SSSR count). The molecule has 0 radical (unpaired) electrons. The molecule has 1 atom stereocenters. The molecule has 0 aliphatic heterocycles. The van der Waals surface area contributed by atoms with Crippen LogP contribution >= 0.6 is 0 Å². The minimum Gasteiger partial charge on any atom is -0.326 e. The van der Waals surface area contributed by atoms with E-state index in [1.165, 1.54) is 0 Å². The van der Waals surface area contributed by atoms with E-state index in [4.69, 9.17) is 4.78 Å². The quantitative estimate of drug-likeness (QED) is 0.836. The molecule has 0 bridgehead atoms. The Morgan fingerprint density at radius 3 is 2.17 bits per heavy atom. The highest BCUT2D eigenvalue weighted by Gasteiger charge is 2.28. The molecule has 0 fully saturated rings. The molecule has 0 aromatic heterocycles. The molecular formula is C14H22N2OS. The number of nitrogens with one attached hydrogen (secondary N) is 2. The van der Waals surface area contributed by atoms with Crippen molar-refractivity contribution in [2.24, 2.45) is 5.41 Å². The van der Waals surface area contributed by atoms with Crippen LogP contribution in [-0.2, 0) is 15.5 Å². The number of hydrogen-bond acceptors (Lipinski definition) is 2. The molecule has 0 heterocycles. The van der Waals surface area contributed by atoms with E-state index in [0.29, 0.717) is 0 Å². The van der Waals surface area contributed by atoms with Gasteiger partial charge < -0.3 is 5.32 Å². The zero-order valence-corrected chi connectivity index (χ0v) is 12.4. The minimum absolute atomic E-state index is 0.0709. The number of hydrogen-bond donors (Lipinski definition) is 2. The highest BCUT2D eigenvalue weighted by molar-refractivity contribution is 7.85. The van der Waals surface area contributed by atoms with Gasteiger partial charge in [0.1, 0.15) is 0 Å². The van der Waals surface area contributed by atoms with Crippen LogP contribution in [0.3, 0.4) is 0 Å². The van der Waals surface area contributed by atoms with Crippen LogP contribution in [0.25, 0.3) is 0 Å². The van der Waals surface area contributed by atoms with Gasteiger partial charge in [0.2, 0.25) is 5.91 Å². The first-order valence-corrected chi connectivity index (χ1v) is 7.85. The van der Waals surface area contributed by atoms with Crippen molar-refractivity contribution in [3.63, 3.8) is 0 Å². The maximum Gasteiger partial charge on any atom is 0.230 e. The largest absolute Gasteiger partial charge is 0.326 e. The van der Waals surface area contributed by atoms with Gasteiger partial charge in [-0.15, -0.1) is 0 Å². The van der Waals surface area contributed by atoms with Crippen molar-refractivity contribution in [3.8, 4) is 0 Å². The average molecular weight is 266 g/mol. The van der Waals surface area contributed by atoms with Crippen LogP contribution in [0, 0.1) is 10.2 Å². The predicted molar refractivity (Wildman–Crippen MR) is 78.0 cm³/mol. The summed E-state index contributed by atoms with van der Waals surface area (Å²) in [6, 6.07) is 7.55. The summed E-state index contributed by atoms with van der Waals surface area (Å²) < 4.78 is 7.63. The van der Waals surface area contributed by atoms with Gasteiger partial charge in [-0.05, 0) is 43.4 Å². The fraction of sp³-hybridized carbons (Fsp3) is 0.500. The van der Waals surface area contributed by atoms with E-state index < -0.39 is 10.7 Å². The summed E-state index contributed by atoms with van der Waals surface area (Å²) in [5.74, 6) is 0.0709. The Bertz CT molecular complexity index is 436. The number of amides is 1. The summed E-state index contributed by atoms with van der Waals surface area (Å²) >= 11 is 0. The molecule has 1 unspecified atom stereocenters. The van der Waals surface area contributed by atoms with Crippen molar-refractivity contribution in [1.29, 1.82) is 4.78 Å². The van der Waals surface area contributed by atoms with E-state index in [9.17, 15) is 4.79 Å². The summed E-state index contributed by atoms with van der Waals surface area (Å²) in [7, 11) is -0.483. The minimum atomic E-state index is -0.483. The van der Waals surface area contributed by atoms with E-state index in [1.807, 2.05) is 51.3 Å². The maximum atomic E-state index is 12.2. The van der Waals surface area contributed by atoms with Crippen LogP contribution in [0.15, 0.2) is 29.2 Å². The molecule has 1 aromatic rings. The Labute approximate surface area is 112 Å². The van der Waals surface area contributed by atoms with Crippen LogP contribution in [0.1, 0.15) is 33.6 Å². The molecule has 2 N–H and O–H groups in total. The molecule has 3 nitrogen and oxygen atoms in total. The smallest absolute Gasteiger partial charge is 0.230 e. The molecule has 1 aromatic carbocycles. The Morgan fingerprint density at radius 2 is 1.78 bits per heavy atom. The first kappa shape index (κ1) is 14.9. The Morgan fingerprint density at radius 1 is 1.28 bits per heavy atom. The van der Waals surface area contributed by atoms with Gasteiger partial charge in [-0.25, -0.2) is 0 Å². The lowest BCUT2D eigenvalue weighted by Gasteiger charge is -2.25.